The first-order chi connectivity index (χ1) is 12.4. The van der Waals surface area contributed by atoms with Crippen LogP contribution in [0.4, 0.5) is 0 Å². The highest BCUT2D eigenvalue weighted by atomic mass is 127. The highest BCUT2D eigenvalue weighted by Gasteiger charge is 2.16. The monoisotopic (exact) mass is 508 g/mol. The minimum absolute atomic E-state index is 0. The molecule has 1 aromatic rings. The van der Waals surface area contributed by atoms with Crippen LogP contribution in [-0.2, 0) is 22.3 Å². The topological polar surface area (TPSA) is 96.6 Å². The number of hydrogen-bond acceptors (Lipinski definition) is 3. The molecular weight excluding hydrogens is 475 g/mol. The number of aliphatic imine (C=N–C) groups is 1. The van der Waals surface area contributed by atoms with Crippen LogP contribution in [0.3, 0.4) is 0 Å². The van der Waals surface area contributed by atoms with E-state index in [1.54, 1.807) is 0 Å². The van der Waals surface area contributed by atoms with E-state index in [2.05, 4.69) is 15.0 Å². The van der Waals surface area contributed by atoms with Gasteiger partial charge in [0.15, 0.2) is 5.96 Å². The van der Waals surface area contributed by atoms with Gasteiger partial charge in [-0.05, 0) is 37.8 Å². The Morgan fingerprint density at radius 2 is 1.74 bits per heavy atom. The van der Waals surface area contributed by atoms with Gasteiger partial charge >= 0.3 is 0 Å². The molecule has 0 spiro atoms. The molecule has 0 aromatic heterocycles. The summed E-state index contributed by atoms with van der Waals surface area (Å²) < 4.78 is 27.0. The van der Waals surface area contributed by atoms with Crippen molar-refractivity contribution < 1.29 is 8.42 Å². The van der Waals surface area contributed by atoms with E-state index in [9.17, 15) is 8.42 Å². The fourth-order valence-corrected chi connectivity index (χ4v) is 4.80. The average Bonchev–Trinajstić information content (AvgIpc) is 2.81. The van der Waals surface area contributed by atoms with Gasteiger partial charge in [-0.15, -0.1) is 24.0 Å². The van der Waals surface area contributed by atoms with Crippen molar-refractivity contribution in [2.45, 2.75) is 76.8 Å². The summed E-state index contributed by atoms with van der Waals surface area (Å²) in [7, 11) is -3.37. The van der Waals surface area contributed by atoms with Gasteiger partial charge < -0.3 is 11.1 Å². The van der Waals surface area contributed by atoms with E-state index in [4.69, 9.17) is 5.73 Å². The molecule has 1 aliphatic carbocycles. The maximum absolute atomic E-state index is 12.2. The number of rotatable bonds is 7. The first kappa shape index (κ1) is 24.2. The van der Waals surface area contributed by atoms with Crippen LogP contribution >= 0.6 is 24.0 Å². The molecular formula is C19H33IN4O2S. The number of halogens is 1. The van der Waals surface area contributed by atoms with Gasteiger partial charge in [-0.25, -0.2) is 18.1 Å². The first-order valence-electron chi connectivity index (χ1n) is 9.49. The summed E-state index contributed by atoms with van der Waals surface area (Å²) in [6.45, 7) is 4.00. The largest absolute Gasteiger partial charge is 0.370 e. The second kappa shape index (κ2) is 11.9. The Bertz CT molecular complexity index is 699. The number of nitrogens with zero attached hydrogens (tertiary/aromatic N) is 1. The Hall–Kier alpha value is -0.870. The summed E-state index contributed by atoms with van der Waals surface area (Å²) >= 11 is 0. The molecule has 0 saturated heterocycles. The number of hydrogen-bond donors (Lipinski definition) is 3. The highest BCUT2D eigenvalue weighted by Crippen LogP contribution is 2.17. The molecule has 0 bridgehead atoms. The normalized spacial score (nSPS) is 16.6. The summed E-state index contributed by atoms with van der Waals surface area (Å²) in [4.78, 5) is 4.44. The number of nitrogens with one attached hydrogen (secondary N) is 2. The Morgan fingerprint density at radius 3 is 2.33 bits per heavy atom. The van der Waals surface area contributed by atoms with E-state index in [0.29, 0.717) is 18.5 Å². The third-order valence-corrected chi connectivity index (χ3v) is 6.03. The van der Waals surface area contributed by atoms with Crippen molar-refractivity contribution in [2.75, 3.05) is 0 Å². The molecule has 6 nitrogen and oxygen atoms in total. The number of sulfonamides is 1. The number of guanidine groups is 1. The molecule has 154 valence electrons. The van der Waals surface area contributed by atoms with Crippen LogP contribution in [0.15, 0.2) is 29.3 Å². The maximum atomic E-state index is 12.2. The smallest absolute Gasteiger partial charge is 0.216 e. The van der Waals surface area contributed by atoms with Crippen molar-refractivity contribution in [3.63, 3.8) is 0 Å². The zero-order valence-electron chi connectivity index (χ0n) is 16.3. The third kappa shape index (κ3) is 9.25. The van der Waals surface area contributed by atoms with Gasteiger partial charge in [0.25, 0.3) is 0 Å². The van der Waals surface area contributed by atoms with Crippen LogP contribution in [0.25, 0.3) is 0 Å². The van der Waals surface area contributed by atoms with E-state index >= 15 is 0 Å². The molecule has 0 radical (unpaired) electrons. The Labute approximate surface area is 180 Å². The summed E-state index contributed by atoms with van der Waals surface area (Å²) in [6, 6.07) is 7.76. The lowest BCUT2D eigenvalue weighted by molar-refractivity contribution is 0.530. The van der Waals surface area contributed by atoms with Gasteiger partial charge in [0, 0.05) is 12.1 Å². The van der Waals surface area contributed by atoms with Crippen molar-refractivity contribution >= 4 is 40.0 Å². The molecule has 0 unspecified atom stereocenters. The van der Waals surface area contributed by atoms with Gasteiger partial charge in [-0.3, -0.25) is 0 Å². The lowest BCUT2D eigenvalue weighted by Crippen LogP contribution is -2.39. The third-order valence-electron chi connectivity index (χ3n) is 4.51. The van der Waals surface area contributed by atoms with Crippen molar-refractivity contribution in [1.82, 2.24) is 10.0 Å². The lowest BCUT2D eigenvalue weighted by Gasteiger charge is -2.17. The Balaban J connectivity index is 0.00000364. The number of nitrogens with two attached hydrogens (primary N) is 1. The van der Waals surface area contributed by atoms with E-state index < -0.39 is 10.0 Å². The summed E-state index contributed by atoms with van der Waals surface area (Å²) in [5, 5.41) is 3.32. The van der Waals surface area contributed by atoms with Crippen LogP contribution in [0.5, 0.6) is 0 Å². The standard InChI is InChI=1S/C19H32N4O2S.HI/c1-15(2)23-26(24,25)14-17-10-8-7-9-16(17)13-21-19(20)22-18-11-5-3-4-6-12-18;/h7-10,15,18,23H,3-6,11-14H2,1-2H3,(H3,20,21,22);1H. The molecule has 0 amide bonds. The van der Waals surface area contributed by atoms with Crippen LogP contribution in [0.1, 0.15) is 63.5 Å². The number of benzene rings is 1. The van der Waals surface area contributed by atoms with Gasteiger partial charge in [-0.2, -0.15) is 0 Å². The van der Waals surface area contributed by atoms with E-state index in [1.807, 2.05) is 38.1 Å². The quantitative estimate of drug-likeness (QED) is 0.228. The van der Waals surface area contributed by atoms with Crippen LogP contribution in [0.2, 0.25) is 0 Å². The van der Waals surface area contributed by atoms with Crippen LogP contribution in [0, 0.1) is 0 Å². The van der Waals surface area contributed by atoms with Crippen molar-refractivity contribution in [3.05, 3.63) is 35.4 Å². The first-order valence-corrected chi connectivity index (χ1v) is 11.1. The Morgan fingerprint density at radius 1 is 1.15 bits per heavy atom. The van der Waals surface area contributed by atoms with Crippen LogP contribution < -0.4 is 15.8 Å². The second-order valence-electron chi connectivity index (χ2n) is 7.33. The van der Waals surface area contributed by atoms with Crippen molar-refractivity contribution in [2.24, 2.45) is 10.7 Å². The molecule has 0 aliphatic heterocycles. The van der Waals surface area contributed by atoms with Gasteiger partial charge in [0.1, 0.15) is 0 Å². The molecule has 1 saturated carbocycles. The van der Waals surface area contributed by atoms with Gasteiger partial charge in [-0.1, -0.05) is 49.9 Å². The molecule has 27 heavy (non-hydrogen) atoms. The fourth-order valence-electron chi connectivity index (χ4n) is 3.31. The van der Waals surface area contributed by atoms with Gasteiger partial charge in [0.05, 0.1) is 12.3 Å². The minimum atomic E-state index is -3.37. The fraction of sp³-hybridized carbons (Fsp3) is 0.632. The minimum Gasteiger partial charge on any atom is -0.370 e. The summed E-state index contributed by atoms with van der Waals surface area (Å²) in [5.41, 5.74) is 7.69. The molecule has 1 fully saturated rings. The maximum Gasteiger partial charge on any atom is 0.216 e. The zero-order valence-corrected chi connectivity index (χ0v) is 19.4. The van der Waals surface area contributed by atoms with Crippen molar-refractivity contribution in [1.29, 1.82) is 0 Å². The van der Waals surface area contributed by atoms with E-state index in [0.717, 1.165) is 24.0 Å². The highest BCUT2D eigenvalue weighted by molar-refractivity contribution is 14.0. The molecule has 0 atom stereocenters. The lowest BCUT2D eigenvalue weighted by atomic mass is 10.1. The molecule has 0 heterocycles. The molecule has 1 aromatic carbocycles. The van der Waals surface area contributed by atoms with E-state index in [1.165, 1.54) is 25.7 Å². The predicted molar refractivity (Wildman–Crippen MR) is 123 cm³/mol. The van der Waals surface area contributed by atoms with E-state index in [-0.39, 0.29) is 35.8 Å². The zero-order chi connectivity index (χ0) is 19.0. The SMILES string of the molecule is CC(C)NS(=O)(=O)Cc1ccccc1CN=C(N)NC1CCCCCC1.I. The summed E-state index contributed by atoms with van der Waals surface area (Å²) in [6.07, 6.45) is 7.31. The molecule has 8 heteroatoms. The Kier molecular flexibility index (Phi) is 10.6. The molecule has 2 rings (SSSR count). The van der Waals surface area contributed by atoms with Crippen molar-refractivity contribution in [3.8, 4) is 0 Å². The molecule has 4 N–H and O–H groups in total. The summed E-state index contributed by atoms with van der Waals surface area (Å²) in [5.74, 6) is 0.391. The second-order valence-corrected chi connectivity index (χ2v) is 9.09. The average molecular weight is 508 g/mol. The molecule has 1 aliphatic rings. The predicted octanol–water partition coefficient (Wildman–Crippen LogP) is 3.26. The van der Waals surface area contributed by atoms with Gasteiger partial charge in [0.2, 0.25) is 10.0 Å². The van der Waals surface area contributed by atoms with Crippen LogP contribution in [-0.4, -0.2) is 26.5 Å².